The number of rotatable bonds is 7. The molecule has 0 aliphatic carbocycles. The topological polar surface area (TPSA) is 35.1 Å². The fourth-order valence-electron chi connectivity index (χ4n) is 2.84. The van der Waals surface area contributed by atoms with Crippen LogP contribution in [0.4, 0.5) is 0 Å². The molecule has 1 saturated heterocycles. The molecule has 0 spiro atoms. The van der Waals surface area contributed by atoms with Crippen LogP contribution >= 0.6 is 11.6 Å². The molecule has 0 saturated carbocycles. The van der Waals surface area contributed by atoms with E-state index in [0.29, 0.717) is 12.7 Å². The van der Waals surface area contributed by atoms with Crippen LogP contribution in [-0.2, 0) is 17.9 Å². The summed E-state index contributed by atoms with van der Waals surface area (Å²) >= 11 is 6.19. The third-order valence-electron chi connectivity index (χ3n) is 4.13. The normalized spacial score (nSPS) is 17.3. The molecule has 2 aromatic carbocycles. The van der Waals surface area contributed by atoms with Crippen molar-refractivity contribution in [2.24, 2.45) is 0 Å². The Labute approximate surface area is 142 Å². The van der Waals surface area contributed by atoms with Crippen LogP contribution in [0.1, 0.15) is 24.0 Å². The quantitative estimate of drug-likeness (QED) is 0.845. The van der Waals surface area contributed by atoms with Gasteiger partial charge >= 0.3 is 0 Å². The van der Waals surface area contributed by atoms with Gasteiger partial charge in [0.2, 0.25) is 0 Å². The van der Waals surface area contributed by atoms with Crippen molar-refractivity contribution in [3.63, 3.8) is 0 Å². The minimum absolute atomic E-state index is 0.409. The lowest BCUT2D eigenvalue weighted by atomic mass is 10.2. The average Bonchev–Trinajstić information content (AvgIpc) is 3.09. The molecule has 0 bridgehead atoms. The van der Waals surface area contributed by atoms with Crippen molar-refractivity contribution >= 4 is 11.6 Å². The Morgan fingerprint density at radius 3 is 2.65 bits per heavy atom. The van der Waals surface area contributed by atoms with E-state index >= 15 is 0 Å². The minimum Gasteiger partial charge on any atom is -0.488 e. The van der Waals surface area contributed by atoms with Crippen molar-refractivity contribution in [1.82, 2.24) is 0 Å². The lowest BCUT2D eigenvalue weighted by molar-refractivity contribution is -0.676. The van der Waals surface area contributed by atoms with Crippen LogP contribution in [0.15, 0.2) is 48.5 Å². The molecule has 0 aromatic heterocycles. The summed E-state index contributed by atoms with van der Waals surface area (Å²) in [5.41, 5.74) is 2.21. The Hall–Kier alpha value is -1.55. The molecule has 0 radical (unpaired) electrons. The number of halogens is 1. The molecule has 1 aliphatic heterocycles. The van der Waals surface area contributed by atoms with Crippen LogP contribution in [0.25, 0.3) is 0 Å². The van der Waals surface area contributed by atoms with Gasteiger partial charge in [0.15, 0.2) is 0 Å². The van der Waals surface area contributed by atoms with Crippen molar-refractivity contribution in [2.45, 2.75) is 32.1 Å². The molecule has 3 rings (SSSR count). The number of nitrogens with two attached hydrogens (primary N) is 1. The Balaban J connectivity index is 1.55. The molecule has 0 unspecified atom stereocenters. The SMILES string of the molecule is Clc1ccccc1COc1ccccc1C[NH2+]C[C@H]1CCCO1. The van der Waals surface area contributed by atoms with E-state index in [9.17, 15) is 0 Å². The second kappa shape index (κ2) is 8.34. The third kappa shape index (κ3) is 4.71. The number of benzene rings is 2. The van der Waals surface area contributed by atoms with E-state index < -0.39 is 0 Å². The van der Waals surface area contributed by atoms with Crippen LogP contribution in [0.2, 0.25) is 5.02 Å². The lowest BCUT2D eigenvalue weighted by Crippen LogP contribution is -2.84. The van der Waals surface area contributed by atoms with Gasteiger partial charge in [0.05, 0.1) is 0 Å². The Morgan fingerprint density at radius 2 is 1.87 bits per heavy atom. The van der Waals surface area contributed by atoms with E-state index in [0.717, 1.165) is 36.0 Å². The Morgan fingerprint density at radius 1 is 1.09 bits per heavy atom. The first-order valence-corrected chi connectivity index (χ1v) is 8.58. The Bertz CT molecular complexity index is 626. The van der Waals surface area contributed by atoms with Crippen LogP contribution < -0.4 is 10.1 Å². The molecule has 122 valence electrons. The largest absolute Gasteiger partial charge is 0.488 e. The molecule has 2 aromatic rings. The molecule has 2 N–H and O–H groups in total. The first kappa shape index (κ1) is 16.3. The molecule has 1 fully saturated rings. The number of para-hydroxylation sites is 1. The second-order valence-electron chi connectivity index (χ2n) is 5.85. The summed E-state index contributed by atoms with van der Waals surface area (Å²) in [6, 6.07) is 16.0. The fourth-order valence-corrected chi connectivity index (χ4v) is 3.03. The molecular formula is C19H23ClNO2+. The molecule has 3 nitrogen and oxygen atoms in total. The first-order chi connectivity index (χ1) is 11.3. The van der Waals surface area contributed by atoms with Crippen molar-refractivity contribution in [1.29, 1.82) is 0 Å². The maximum atomic E-state index is 6.19. The highest BCUT2D eigenvalue weighted by molar-refractivity contribution is 6.31. The van der Waals surface area contributed by atoms with Gasteiger partial charge in [-0.05, 0) is 31.0 Å². The smallest absolute Gasteiger partial charge is 0.128 e. The summed E-state index contributed by atoms with van der Waals surface area (Å²) in [6.45, 7) is 3.32. The number of ether oxygens (including phenoxy) is 2. The van der Waals surface area contributed by atoms with E-state index in [1.807, 2.05) is 36.4 Å². The van der Waals surface area contributed by atoms with Gasteiger partial charge in [-0.2, -0.15) is 0 Å². The molecular weight excluding hydrogens is 310 g/mol. The van der Waals surface area contributed by atoms with Crippen molar-refractivity contribution in [3.8, 4) is 5.75 Å². The van der Waals surface area contributed by atoms with Gasteiger partial charge in [-0.25, -0.2) is 0 Å². The van der Waals surface area contributed by atoms with E-state index in [2.05, 4.69) is 17.4 Å². The van der Waals surface area contributed by atoms with Crippen molar-refractivity contribution < 1.29 is 14.8 Å². The summed E-state index contributed by atoms with van der Waals surface area (Å²) < 4.78 is 11.7. The van der Waals surface area contributed by atoms with E-state index in [4.69, 9.17) is 21.1 Å². The standard InChI is InChI=1S/C19H22ClNO2/c20-18-9-3-1-7-16(18)14-23-19-10-4-2-6-15(19)12-21-13-17-8-5-11-22-17/h1-4,6-7,9-10,17,21H,5,8,11-14H2/p+1/t17-/m1/s1. The summed E-state index contributed by atoms with van der Waals surface area (Å²) in [5.74, 6) is 0.927. The van der Waals surface area contributed by atoms with Gasteiger partial charge in [0.25, 0.3) is 0 Å². The predicted octanol–water partition coefficient (Wildman–Crippen LogP) is 3.16. The van der Waals surface area contributed by atoms with Gasteiger partial charge in [-0.15, -0.1) is 0 Å². The molecule has 4 heteroatoms. The highest BCUT2D eigenvalue weighted by Crippen LogP contribution is 2.21. The van der Waals surface area contributed by atoms with Crippen LogP contribution in [0.5, 0.6) is 5.75 Å². The zero-order valence-corrected chi connectivity index (χ0v) is 14.0. The molecule has 0 amide bonds. The summed E-state index contributed by atoms with van der Waals surface area (Å²) in [4.78, 5) is 0. The van der Waals surface area contributed by atoms with Gasteiger partial charge in [0, 0.05) is 22.8 Å². The third-order valence-corrected chi connectivity index (χ3v) is 4.50. The maximum absolute atomic E-state index is 6.19. The summed E-state index contributed by atoms with van der Waals surface area (Å²) in [5, 5.41) is 3.04. The second-order valence-corrected chi connectivity index (χ2v) is 6.26. The fraction of sp³-hybridized carbons (Fsp3) is 0.368. The maximum Gasteiger partial charge on any atom is 0.128 e. The van der Waals surface area contributed by atoms with Gasteiger partial charge < -0.3 is 14.8 Å². The minimum atomic E-state index is 0.409. The highest BCUT2D eigenvalue weighted by atomic mass is 35.5. The summed E-state index contributed by atoms with van der Waals surface area (Å²) in [6.07, 6.45) is 2.78. The zero-order valence-electron chi connectivity index (χ0n) is 13.2. The van der Waals surface area contributed by atoms with Gasteiger partial charge in [-0.1, -0.05) is 41.9 Å². The number of hydrogen-bond acceptors (Lipinski definition) is 2. The van der Waals surface area contributed by atoms with E-state index in [-0.39, 0.29) is 0 Å². The predicted molar refractivity (Wildman–Crippen MR) is 91.7 cm³/mol. The van der Waals surface area contributed by atoms with Crippen LogP contribution in [0, 0.1) is 0 Å². The summed E-state index contributed by atoms with van der Waals surface area (Å²) in [7, 11) is 0. The van der Waals surface area contributed by atoms with Crippen molar-refractivity contribution in [2.75, 3.05) is 13.2 Å². The molecule has 23 heavy (non-hydrogen) atoms. The van der Waals surface area contributed by atoms with E-state index in [1.165, 1.54) is 18.4 Å². The monoisotopic (exact) mass is 332 g/mol. The van der Waals surface area contributed by atoms with Crippen LogP contribution in [0.3, 0.4) is 0 Å². The Kier molecular flexibility index (Phi) is 5.92. The average molecular weight is 333 g/mol. The lowest BCUT2D eigenvalue weighted by Gasteiger charge is -2.13. The highest BCUT2D eigenvalue weighted by Gasteiger charge is 2.17. The number of quaternary nitrogens is 1. The van der Waals surface area contributed by atoms with Crippen molar-refractivity contribution in [3.05, 3.63) is 64.7 Å². The van der Waals surface area contributed by atoms with Gasteiger partial charge in [-0.3, -0.25) is 0 Å². The zero-order chi connectivity index (χ0) is 15.9. The first-order valence-electron chi connectivity index (χ1n) is 8.20. The molecule has 1 heterocycles. The van der Waals surface area contributed by atoms with E-state index in [1.54, 1.807) is 0 Å². The number of hydrogen-bond donors (Lipinski definition) is 1. The van der Waals surface area contributed by atoms with Crippen LogP contribution in [-0.4, -0.2) is 19.3 Å². The molecule has 1 atom stereocenters. The molecule has 1 aliphatic rings. The van der Waals surface area contributed by atoms with Gasteiger partial charge in [0.1, 0.15) is 31.5 Å².